The number of carbonyl (C=O) groups excluding carboxylic acids is 1. The molecule has 0 fully saturated rings. The fraction of sp³-hybridized carbons (Fsp3) is 0.263. The van der Waals surface area contributed by atoms with E-state index in [1.165, 1.54) is 24.3 Å². The van der Waals surface area contributed by atoms with Crippen LogP contribution in [0.25, 0.3) is 0 Å². The molecule has 1 aromatic heterocycles. The maximum absolute atomic E-state index is 12.8. The van der Waals surface area contributed by atoms with Gasteiger partial charge < -0.3 is 21.1 Å². The molecule has 210 valence electrons. The van der Waals surface area contributed by atoms with Gasteiger partial charge in [0.25, 0.3) is 15.6 Å². The van der Waals surface area contributed by atoms with Crippen LogP contribution in [0.2, 0.25) is 10.0 Å². The highest BCUT2D eigenvalue weighted by molar-refractivity contribution is 7.92. The predicted molar refractivity (Wildman–Crippen MR) is 130 cm³/mol. The number of aliphatic carboxylic acids is 1. The normalized spacial score (nSPS) is 11.1. The summed E-state index contributed by atoms with van der Waals surface area (Å²) in [6.45, 7) is 1.70. The van der Waals surface area contributed by atoms with E-state index in [1.54, 1.807) is 6.92 Å². The molecule has 1 aromatic carbocycles. The van der Waals surface area contributed by atoms with Gasteiger partial charge in [-0.3, -0.25) is 24.6 Å². The minimum atomic E-state index is -5.08. The summed E-state index contributed by atoms with van der Waals surface area (Å²) in [7, 11) is -4.24. The third-order valence-corrected chi connectivity index (χ3v) is 6.04. The van der Waals surface area contributed by atoms with Crippen LogP contribution in [-0.4, -0.2) is 55.7 Å². The molecule has 2 rings (SSSR count). The van der Waals surface area contributed by atoms with Crippen LogP contribution in [-0.2, 0) is 30.9 Å². The summed E-state index contributed by atoms with van der Waals surface area (Å²) in [6.07, 6.45) is -5.36. The molecule has 38 heavy (non-hydrogen) atoms. The molecular formula is C19H21Cl2F3N6O7S. The van der Waals surface area contributed by atoms with Crippen LogP contribution in [0.4, 0.5) is 18.9 Å². The van der Waals surface area contributed by atoms with Gasteiger partial charge in [0.15, 0.2) is 0 Å². The summed E-state index contributed by atoms with van der Waals surface area (Å²) in [5, 5.41) is 16.7. The summed E-state index contributed by atoms with van der Waals surface area (Å²) in [5.41, 5.74) is 6.74. The average molecular weight is 605 g/mol. The van der Waals surface area contributed by atoms with Crippen LogP contribution in [0.15, 0.2) is 34.0 Å². The van der Waals surface area contributed by atoms with Crippen molar-refractivity contribution in [2.75, 3.05) is 17.9 Å². The lowest BCUT2D eigenvalue weighted by Crippen LogP contribution is -2.35. The van der Waals surface area contributed by atoms with Gasteiger partial charge in [-0.05, 0) is 36.8 Å². The van der Waals surface area contributed by atoms with Gasteiger partial charge in [-0.15, -0.1) is 0 Å². The number of pyridine rings is 1. The summed E-state index contributed by atoms with van der Waals surface area (Å²) >= 11 is 11.8. The molecule has 2 aromatic rings. The number of H-pyrrole nitrogens is 1. The molecule has 0 atom stereocenters. The van der Waals surface area contributed by atoms with Crippen molar-refractivity contribution in [3.63, 3.8) is 0 Å². The molecule has 0 aliphatic heterocycles. The quantitative estimate of drug-likeness (QED) is 0.0953. The fourth-order valence-corrected chi connectivity index (χ4v) is 4.38. The van der Waals surface area contributed by atoms with Crippen molar-refractivity contribution in [2.24, 2.45) is 5.73 Å². The van der Waals surface area contributed by atoms with E-state index in [9.17, 15) is 31.2 Å². The van der Waals surface area contributed by atoms with E-state index in [4.69, 9.17) is 49.1 Å². The van der Waals surface area contributed by atoms with Crippen molar-refractivity contribution in [1.82, 2.24) is 15.8 Å². The molecule has 0 radical (unpaired) electrons. The minimum Gasteiger partial charge on any atom is -0.475 e. The molecular weight excluding hydrogens is 584 g/mol. The topological polar surface area (TPSA) is 217 Å². The number of rotatable bonds is 9. The van der Waals surface area contributed by atoms with Crippen molar-refractivity contribution in [1.29, 1.82) is 5.41 Å². The van der Waals surface area contributed by atoms with Crippen LogP contribution in [0.5, 0.6) is 0 Å². The average Bonchev–Trinajstić information content (AvgIpc) is 2.75. The molecule has 0 saturated carbocycles. The highest BCUT2D eigenvalue weighted by atomic mass is 35.5. The highest BCUT2D eigenvalue weighted by Crippen LogP contribution is 2.27. The van der Waals surface area contributed by atoms with Gasteiger partial charge in [0.2, 0.25) is 11.9 Å². The third-order valence-electron chi connectivity index (χ3n) is 3.97. The Morgan fingerprint density at radius 3 is 2.37 bits per heavy atom. The first kappa shape index (κ1) is 32.5. The standard InChI is InChI=1S/C17H20Cl2N6O5S.C2HF3O2/c1-9-6-10(7-14(26)22-4-5-30-24-17(20)21)15(16(27)23-9)25-31(28,29)13-3-2-11(18)8-12(13)19;3-2(4,5)1(6)7/h2-3,6,8,25H,4-5,7H2,1H3,(H,22,26)(H,23,27)(H4,20,21,24);(H,6,7). The number of hydroxylamine groups is 1. The number of nitrogens with one attached hydrogen (secondary N) is 5. The van der Waals surface area contributed by atoms with Gasteiger partial charge >= 0.3 is 12.1 Å². The number of aryl methyl sites for hydroxylation is 1. The number of hydrogen-bond acceptors (Lipinski definition) is 7. The Balaban J connectivity index is 0.000000905. The van der Waals surface area contributed by atoms with E-state index >= 15 is 0 Å². The van der Waals surface area contributed by atoms with Crippen LogP contribution >= 0.6 is 23.2 Å². The Morgan fingerprint density at radius 2 is 1.84 bits per heavy atom. The maximum Gasteiger partial charge on any atom is 0.490 e. The van der Waals surface area contributed by atoms with Gasteiger partial charge in [0.1, 0.15) is 10.6 Å². The Morgan fingerprint density at radius 1 is 1.24 bits per heavy atom. The van der Waals surface area contributed by atoms with E-state index in [-0.39, 0.29) is 51.7 Å². The van der Waals surface area contributed by atoms with E-state index in [1.807, 2.05) is 0 Å². The smallest absolute Gasteiger partial charge is 0.475 e. The van der Waals surface area contributed by atoms with E-state index in [0.717, 1.165) is 0 Å². The molecule has 0 bridgehead atoms. The molecule has 1 heterocycles. The maximum atomic E-state index is 12.8. The number of guanidine groups is 1. The largest absolute Gasteiger partial charge is 0.490 e. The van der Waals surface area contributed by atoms with Crippen LogP contribution in [0.3, 0.4) is 0 Å². The Hall–Kier alpha value is -3.54. The molecule has 0 unspecified atom stereocenters. The number of carboxylic acids is 1. The summed E-state index contributed by atoms with van der Waals surface area (Å²) < 4.78 is 59.5. The number of nitrogens with two attached hydrogens (primary N) is 1. The number of aromatic amines is 1. The second kappa shape index (κ2) is 13.8. The predicted octanol–water partition coefficient (Wildman–Crippen LogP) is 1.50. The number of anilines is 1. The zero-order chi connectivity index (χ0) is 29.3. The van der Waals surface area contributed by atoms with Crippen LogP contribution in [0, 0.1) is 12.3 Å². The molecule has 0 spiro atoms. The summed E-state index contributed by atoms with van der Waals surface area (Å²) in [6, 6.07) is 5.29. The molecule has 13 nitrogen and oxygen atoms in total. The lowest BCUT2D eigenvalue weighted by atomic mass is 10.1. The van der Waals surface area contributed by atoms with Gasteiger partial charge in [-0.1, -0.05) is 23.2 Å². The number of carbonyl (C=O) groups is 2. The molecule has 0 aliphatic rings. The van der Waals surface area contributed by atoms with Crippen molar-refractivity contribution < 1.29 is 41.1 Å². The molecule has 19 heteroatoms. The fourth-order valence-electron chi connectivity index (χ4n) is 2.50. The van der Waals surface area contributed by atoms with E-state index < -0.39 is 33.6 Å². The van der Waals surface area contributed by atoms with Gasteiger partial charge in [-0.25, -0.2) is 18.7 Å². The Kier molecular flexibility index (Phi) is 11.8. The molecule has 0 saturated heterocycles. The monoisotopic (exact) mass is 604 g/mol. The van der Waals surface area contributed by atoms with Gasteiger partial charge in [0, 0.05) is 17.3 Å². The molecule has 8 N–H and O–H groups in total. The Bertz CT molecular complexity index is 1350. The number of carboxylic acid groups (broad SMARTS) is 1. The second-order valence-electron chi connectivity index (χ2n) is 7.06. The van der Waals surface area contributed by atoms with Crippen molar-refractivity contribution >= 4 is 56.7 Å². The van der Waals surface area contributed by atoms with E-state index in [2.05, 4.69) is 20.5 Å². The van der Waals surface area contributed by atoms with Crippen molar-refractivity contribution in [3.8, 4) is 0 Å². The van der Waals surface area contributed by atoms with Crippen LogP contribution < -0.4 is 26.8 Å². The zero-order valence-corrected chi connectivity index (χ0v) is 21.5. The van der Waals surface area contributed by atoms with Crippen LogP contribution in [0.1, 0.15) is 11.3 Å². The number of alkyl halides is 3. The first-order valence-electron chi connectivity index (χ1n) is 9.93. The van der Waals surface area contributed by atoms with E-state index in [0.29, 0.717) is 5.69 Å². The highest BCUT2D eigenvalue weighted by Gasteiger charge is 2.38. The second-order valence-corrected chi connectivity index (χ2v) is 9.55. The number of aromatic nitrogens is 1. The number of amides is 1. The first-order valence-corrected chi connectivity index (χ1v) is 12.2. The van der Waals surface area contributed by atoms with Gasteiger partial charge in [-0.2, -0.15) is 13.2 Å². The number of sulfonamides is 1. The lowest BCUT2D eigenvalue weighted by molar-refractivity contribution is -0.192. The van der Waals surface area contributed by atoms with Crippen molar-refractivity contribution in [2.45, 2.75) is 24.4 Å². The zero-order valence-electron chi connectivity index (χ0n) is 19.2. The van der Waals surface area contributed by atoms with Crippen molar-refractivity contribution in [3.05, 3.63) is 55.9 Å². The number of hydrogen-bond donors (Lipinski definition) is 7. The lowest BCUT2D eigenvalue weighted by Gasteiger charge is -2.14. The van der Waals surface area contributed by atoms with Gasteiger partial charge in [0.05, 0.1) is 18.1 Å². The molecule has 0 aliphatic carbocycles. The number of benzene rings is 1. The molecule has 1 amide bonds. The SMILES string of the molecule is Cc1cc(CC(=O)NCCONC(=N)N)c(NS(=O)(=O)c2ccc(Cl)cc2Cl)c(=O)[nH]1.O=C(O)C(F)(F)F. The minimum absolute atomic E-state index is 0.0221. The number of halogens is 5. The Labute approximate surface area is 223 Å². The summed E-state index contributed by atoms with van der Waals surface area (Å²) in [5.74, 6) is -3.63. The third kappa shape index (κ3) is 10.8. The first-order chi connectivity index (χ1) is 17.4. The summed E-state index contributed by atoms with van der Waals surface area (Å²) in [4.78, 5) is 40.6.